The van der Waals surface area contributed by atoms with Gasteiger partial charge in [-0.15, -0.1) is 0 Å². The van der Waals surface area contributed by atoms with Crippen LogP contribution >= 0.6 is 0 Å². The van der Waals surface area contributed by atoms with Gasteiger partial charge in [-0.05, 0) is 69.7 Å². The molecule has 0 unspecified atom stereocenters. The summed E-state index contributed by atoms with van der Waals surface area (Å²) in [5.74, 6) is -8.68. The summed E-state index contributed by atoms with van der Waals surface area (Å²) in [4.78, 5) is 102. The van der Waals surface area contributed by atoms with Crippen molar-refractivity contribution in [3.63, 3.8) is 0 Å². The van der Waals surface area contributed by atoms with Gasteiger partial charge in [-0.1, -0.05) is 26.0 Å². The zero-order chi connectivity index (χ0) is 42.7. The lowest BCUT2D eigenvalue weighted by Gasteiger charge is -2.28. The van der Waals surface area contributed by atoms with Crippen molar-refractivity contribution >= 4 is 47.4 Å². The zero-order valence-electron chi connectivity index (χ0n) is 31.8. The van der Waals surface area contributed by atoms with Crippen molar-refractivity contribution in [2.75, 3.05) is 13.2 Å². The maximum Gasteiger partial charge on any atom is 0.328 e. The predicted molar refractivity (Wildman–Crippen MR) is 198 cm³/mol. The average molecular weight is 797 g/mol. The molecule has 1 aromatic rings. The number of amides is 6. The highest BCUT2D eigenvalue weighted by Crippen LogP contribution is 2.13. The molecule has 0 bridgehead atoms. The van der Waals surface area contributed by atoms with Gasteiger partial charge in [0.15, 0.2) is 0 Å². The van der Waals surface area contributed by atoms with Crippen molar-refractivity contribution in [3.05, 3.63) is 29.8 Å². The van der Waals surface area contributed by atoms with E-state index in [1.54, 1.807) is 13.8 Å². The molecule has 8 atom stereocenters. The second-order valence-electron chi connectivity index (χ2n) is 13.7. The first-order chi connectivity index (χ1) is 26.2. The van der Waals surface area contributed by atoms with Crippen LogP contribution in [0.3, 0.4) is 0 Å². The maximum atomic E-state index is 13.9. The number of aromatic hydroxyl groups is 1. The largest absolute Gasteiger partial charge is 0.508 e. The Labute approximate surface area is 323 Å². The van der Waals surface area contributed by atoms with E-state index in [1.807, 2.05) is 0 Å². The monoisotopic (exact) mass is 796 g/mol. The van der Waals surface area contributed by atoms with Crippen molar-refractivity contribution in [2.45, 2.75) is 115 Å². The number of aliphatic hydroxyl groups is 2. The van der Waals surface area contributed by atoms with E-state index in [-0.39, 0.29) is 37.5 Å². The van der Waals surface area contributed by atoms with Crippen molar-refractivity contribution in [1.29, 1.82) is 0 Å². The van der Waals surface area contributed by atoms with E-state index < -0.39 is 109 Å². The van der Waals surface area contributed by atoms with Crippen molar-refractivity contribution in [2.24, 2.45) is 17.4 Å². The molecule has 21 nitrogen and oxygen atoms in total. The lowest BCUT2D eigenvalue weighted by molar-refractivity contribution is -0.143. The van der Waals surface area contributed by atoms with E-state index in [2.05, 4.69) is 31.9 Å². The molecule has 0 aliphatic heterocycles. The molecule has 0 saturated carbocycles. The number of nitrogens with one attached hydrogen (secondary N) is 6. The van der Waals surface area contributed by atoms with Gasteiger partial charge in [-0.3, -0.25) is 33.6 Å². The van der Waals surface area contributed by atoms with Crippen LogP contribution in [0.25, 0.3) is 0 Å². The van der Waals surface area contributed by atoms with Gasteiger partial charge in [0, 0.05) is 6.42 Å². The lowest BCUT2D eigenvalue weighted by Crippen LogP contribution is -2.61. The topological polar surface area (TPSA) is 362 Å². The Bertz CT molecular complexity index is 1510. The maximum absolute atomic E-state index is 13.9. The number of hydrogen-bond acceptors (Lipinski definition) is 13. The van der Waals surface area contributed by atoms with Crippen LogP contribution in [-0.2, 0) is 44.8 Å². The standard InChI is InChI=1S/C35H56N8O13/c1-17(2)13-24(32(52)38-18(3)29(49)42-26(16-44)35(55)56)40-31(51)23(7-5-6-12-36)39-33(53)25(14-20-8-10-21(46)11-9-20)41-34(54)28(19(4)45)43-30(50)22(37)15-27(47)48/h8-11,17-19,22-26,28,44-46H,5-7,12-16,36-37H2,1-4H3,(H,38,52)(H,39,53)(H,40,51)(H,41,54)(H,42,49)(H,43,50)(H,47,48)(H,55,56)/t18-,19+,22-,23-,24-,25-,26-,28-/m0/s1. The summed E-state index contributed by atoms with van der Waals surface area (Å²) in [6.07, 6.45) is -1.66. The average Bonchev–Trinajstić information content (AvgIpc) is 3.11. The molecule has 56 heavy (non-hydrogen) atoms. The van der Waals surface area contributed by atoms with Crippen LogP contribution < -0.4 is 43.4 Å². The molecule has 0 aliphatic carbocycles. The Morgan fingerprint density at radius 2 is 1.21 bits per heavy atom. The third-order valence-electron chi connectivity index (χ3n) is 8.27. The number of carbonyl (C=O) groups is 8. The van der Waals surface area contributed by atoms with Crippen LogP contribution in [0.1, 0.15) is 65.4 Å². The summed E-state index contributed by atoms with van der Waals surface area (Å²) >= 11 is 0. The van der Waals surface area contributed by atoms with Gasteiger partial charge in [-0.25, -0.2) is 4.79 Å². The molecule has 0 aromatic heterocycles. The minimum Gasteiger partial charge on any atom is -0.508 e. The zero-order valence-corrected chi connectivity index (χ0v) is 31.8. The summed E-state index contributed by atoms with van der Waals surface area (Å²) in [5, 5.41) is 61.7. The van der Waals surface area contributed by atoms with Crippen LogP contribution in [0.4, 0.5) is 0 Å². The fraction of sp³-hybridized carbons (Fsp3) is 0.600. The molecular formula is C35H56N8O13. The minimum absolute atomic E-state index is 0.0229. The highest BCUT2D eigenvalue weighted by Gasteiger charge is 2.34. The molecule has 0 spiro atoms. The third kappa shape index (κ3) is 17.4. The van der Waals surface area contributed by atoms with Crippen LogP contribution in [0.2, 0.25) is 0 Å². The summed E-state index contributed by atoms with van der Waals surface area (Å²) < 4.78 is 0. The number of benzene rings is 1. The van der Waals surface area contributed by atoms with Gasteiger partial charge >= 0.3 is 11.9 Å². The lowest BCUT2D eigenvalue weighted by atomic mass is 10.0. The summed E-state index contributed by atoms with van der Waals surface area (Å²) in [5.41, 5.74) is 11.7. The predicted octanol–water partition coefficient (Wildman–Crippen LogP) is -3.70. The van der Waals surface area contributed by atoms with E-state index in [9.17, 15) is 53.7 Å². The number of carbonyl (C=O) groups excluding carboxylic acids is 6. The van der Waals surface area contributed by atoms with Gasteiger partial charge in [0.05, 0.1) is 25.2 Å². The molecule has 0 aliphatic rings. The Morgan fingerprint density at radius 3 is 1.73 bits per heavy atom. The fourth-order valence-corrected chi connectivity index (χ4v) is 5.16. The normalized spacial score (nSPS) is 15.4. The van der Waals surface area contributed by atoms with E-state index >= 15 is 0 Å². The molecule has 15 N–H and O–H groups in total. The molecule has 0 fully saturated rings. The van der Waals surface area contributed by atoms with Crippen molar-refractivity contribution in [3.8, 4) is 5.75 Å². The van der Waals surface area contributed by atoms with Crippen molar-refractivity contribution < 1.29 is 63.9 Å². The van der Waals surface area contributed by atoms with E-state index in [1.165, 1.54) is 38.1 Å². The molecular weight excluding hydrogens is 740 g/mol. The van der Waals surface area contributed by atoms with E-state index in [0.717, 1.165) is 0 Å². The Kier molecular flexibility index (Phi) is 21.0. The number of aliphatic carboxylic acids is 2. The molecule has 6 amide bonds. The summed E-state index contributed by atoms with van der Waals surface area (Å²) in [6, 6.07) is -4.58. The number of aliphatic hydroxyl groups excluding tert-OH is 2. The summed E-state index contributed by atoms with van der Waals surface area (Å²) in [6.45, 7) is 5.32. The van der Waals surface area contributed by atoms with Crippen LogP contribution in [0.5, 0.6) is 5.75 Å². The summed E-state index contributed by atoms with van der Waals surface area (Å²) in [7, 11) is 0. The number of phenols is 1. The highest BCUT2D eigenvalue weighted by atomic mass is 16.4. The molecule has 0 saturated heterocycles. The number of nitrogens with two attached hydrogens (primary N) is 2. The number of hydrogen-bond donors (Lipinski definition) is 13. The van der Waals surface area contributed by atoms with Gasteiger partial charge in [0.2, 0.25) is 35.4 Å². The number of phenolic OH excluding ortho intramolecular Hbond substituents is 1. The van der Waals surface area contributed by atoms with Gasteiger partial charge in [-0.2, -0.15) is 0 Å². The third-order valence-corrected chi connectivity index (χ3v) is 8.27. The van der Waals surface area contributed by atoms with Crippen LogP contribution in [0.15, 0.2) is 24.3 Å². The smallest absolute Gasteiger partial charge is 0.328 e. The first-order valence-corrected chi connectivity index (χ1v) is 18.0. The van der Waals surface area contributed by atoms with Crippen LogP contribution in [-0.4, -0.2) is 134 Å². The van der Waals surface area contributed by atoms with Crippen molar-refractivity contribution in [1.82, 2.24) is 31.9 Å². The molecule has 0 heterocycles. The quantitative estimate of drug-likeness (QED) is 0.0424. The molecule has 1 aromatic carbocycles. The van der Waals surface area contributed by atoms with E-state index in [0.29, 0.717) is 18.4 Å². The van der Waals surface area contributed by atoms with Gasteiger partial charge < -0.3 is 68.9 Å². The highest BCUT2D eigenvalue weighted by molar-refractivity contribution is 5.97. The number of carboxylic acid groups (broad SMARTS) is 2. The van der Waals surface area contributed by atoms with Crippen LogP contribution in [0, 0.1) is 5.92 Å². The molecule has 1 rings (SSSR count). The molecule has 314 valence electrons. The first kappa shape index (κ1) is 48.6. The Morgan fingerprint density at radius 1 is 0.679 bits per heavy atom. The number of unbranched alkanes of at least 4 members (excludes halogenated alkanes) is 1. The fourth-order valence-electron chi connectivity index (χ4n) is 5.16. The minimum atomic E-state index is -1.69. The number of rotatable bonds is 25. The molecule has 21 heteroatoms. The van der Waals surface area contributed by atoms with Gasteiger partial charge in [0.1, 0.15) is 42.0 Å². The Balaban J connectivity index is 3.38. The first-order valence-electron chi connectivity index (χ1n) is 18.0. The second kappa shape index (κ2) is 24.2. The molecule has 0 radical (unpaired) electrons. The Hall–Kier alpha value is -5.38. The second-order valence-corrected chi connectivity index (χ2v) is 13.7. The van der Waals surface area contributed by atoms with E-state index in [4.69, 9.17) is 21.7 Å². The number of carboxylic acids is 2. The van der Waals surface area contributed by atoms with Gasteiger partial charge in [0.25, 0.3) is 0 Å². The SMILES string of the molecule is CC(C)C[C@H](NC(=O)[C@H](CCCCN)NC(=O)[C@H](Cc1ccc(O)cc1)NC(=O)[C@@H](NC(=O)[C@@H](N)CC(=O)O)[C@@H](C)O)C(=O)N[C@@H](C)C(=O)N[C@@H](CO)C(=O)O.